The fraction of sp³-hybridized carbons (Fsp3) is 0.320. The second-order valence-corrected chi connectivity index (χ2v) is 7.68. The molecule has 4 heteroatoms. The number of nitrogens with zero attached hydrogens (tertiary/aromatic N) is 1. The number of likely N-dealkylation sites (tertiary alicyclic amines) is 1. The topological polar surface area (TPSA) is 41.6 Å². The van der Waals surface area contributed by atoms with Gasteiger partial charge in [-0.2, -0.15) is 0 Å². The molecule has 0 atom stereocenters. The maximum atomic E-state index is 12.4. The molecule has 4 rings (SSSR count). The summed E-state index contributed by atoms with van der Waals surface area (Å²) >= 11 is 0. The van der Waals surface area contributed by atoms with Crippen molar-refractivity contribution >= 4 is 16.7 Å². The highest BCUT2D eigenvalue weighted by Gasteiger charge is 2.24. The van der Waals surface area contributed by atoms with E-state index in [0.717, 1.165) is 43.8 Å². The molecule has 150 valence electrons. The number of ether oxygens (including phenoxy) is 1. The van der Waals surface area contributed by atoms with Crippen LogP contribution in [0.2, 0.25) is 0 Å². The predicted octanol–water partition coefficient (Wildman–Crippen LogP) is 4.25. The van der Waals surface area contributed by atoms with E-state index in [-0.39, 0.29) is 11.8 Å². The Labute approximate surface area is 172 Å². The second kappa shape index (κ2) is 9.57. The Bertz CT molecular complexity index is 934. The van der Waals surface area contributed by atoms with Crippen LogP contribution in [0.25, 0.3) is 10.8 Å². The molecule has 1 amide bonds. The van der Waals surface area contributed by atoms with Crippen molar-refractivity contribution in [3.05, 3.63) is 78.4 Å². The number of amides is 1. The standard InChI is InChI=1S/C25H28N2O2/c28-25(26-19-20-6-2-1-3-7-20)22-12-14-27(15-13-22)16-17-29-24-11-10-21-8-4-5-9-23(21)18-24/h1-11,18,22H,12-17,19H2,(H,26,28). The van der Waals surface area contributed by atoms with Crippen LogP contribution in [-0.4, -0.2) is 37.0 Å². The van der Waals surface area contributed by atoms with E-state index < -0.39 is 0 Å². The van der Waals surface area contributed by atoms with Crippen LogP contribution < -0.4 is 10.1 Å². The summed E-state index contributed by atoms with van der Waals surface area (Å²) in [4.78, 5) is 14.8. The van der Waals surface area contributed by atoms with Gasteiger partial charge in [0.05, 0.1) is 0 Å². The summed E-state index contributed by atoms with van der Waals surface area (Å²) < 4.78 is 5.96. The molecule has 29 heavy (non-hydrogen) atoms. The van der Waals surface area contributed by atoms with Gasteiger partial charge in [-0.25, -0.2) is 0 Å². The molecule has 1 heterocycles. The highest BCUT2D eigenvalue weighted by atomic mass is 16.5. The number of carbonyl (C=O) groups excluding carboxylic acids is 1. The van der Waals surface area contributed by atoms with Crippen molar-refractivity contribution in [2.45, 2.75) is 19.4 Å². The summed E-state index contributed by atoms with van der Waals surface area (Å²) in [5.41, 5.74) is 1.14. The van der Waals surface area contributed by atoms with Gasteiger partial charge in [0.25, 0.3) is 0 Å². The first kappa shape index (κ1) is 19.5. The van der Waals surface area contributed by atoms with Crippen molar-refractivity contribution < 1.29 is 9.53 Å². The molecule has 3 aromatic carbocycles. The van der Waals surface area contributed by atoms with Crippen LogP contribution in [-0.2, 0) is 11.3 Å². The van der Waals surface area contributed by atoms with Crippen molar-refractivity contribution in [1.82, 2.24) is 10.2 Å². The molecule has 3 aromatic rings. The van der Waals surface area contributed by atoms with Gasteiger partial charge in [0.2, 0.25) is 5.91 Å². The number of hydrogen-bond acceptors (Lipinski definition) is 3. The Morgan fingerprint density at radius 1 is 0.931 bits per heavy atom. The van der Waals surface area contributed by atoms with Crippen molar-refractivity contribution in [3.63, 3.8) is 0 Å². The molecule has 0 unspecified atom stereocenters. The summed E-state index contributed by atoms with van der Waals surface area (Å²) in [5, 5.41) is 5.51. The zero-order chi connectivity index (χ0) is 19.9. The summed E-state index contributed by atoms with van der Waals surface area (Å²) in [6.07, 6.45) is 1.83. The average Bonchev–Trinajstić information content (AvgIpc) is 2.78. The van der Waals surface area contributed by atoms with E-state index in [9.17, 15) is 4.79 Å². The average molecular weight is 389 g/mol. The van der Waals surface area contributed by atoms with Gasteiger partial charge in [-0.1, -0.05) is 60.7 Å². The quantitative estimate of drug-likeness (QED) is 0.658. The van der Waals surface area contributed by atoms with E-state index in [1.807, 2.05) is 42.5 Å². The lowest BCUT2D eigenvalue weighted by atomic mass is 9.96. The van der Waals surface area contributed by atoms with E-state index in [2.05, 4.69) is 40.5 Å². The van der Waals surface area contributed by atoms with Crippen LogP contribution in [0.5, 0.6) is 5.75 Å². The fourth-order valence-corrected chi connectivity index (χ4v) is 3.90. The normalized spacial score (nSPS) is 15.3. The Hall–Kier alpha value is -2.85. The number of carbonyl (C=O) groups is 1. The molecule has 0 spiro atoms. The van der Waals surface area contributed by atoms with Gasteiger partial charge in [0, 0.05) is 19.0 Å². The predicted molar refractivity (Wildman–Crippen MR) is 117 cm³/mol. The molecule has 1 aliphatic rings. The lowest BCUT2D eigenvalue weighted by Crippen LogP contribution is -2.41. The monoisotopic (exact) mass is 388 g/mol. The first-order chi connectivity index (χ1) is 14.3. The number of benzene rings is 3. The molecule has 1 saturated heterocycles. The van der Waals surface area contributed by atoms with Gasteiger partial charge in [-0.3, -0.25) is 9.69 Å². The minimum absolute atomic E-state index is 0.122. The summed E-state index contributed by atoms with van der Waals surface area (Å²) in [6.45, 7) is 4.07. The first-order valence-electron chi connectivity index (χ1n) is 10.4. The van der Waals surface area contributed by atoms with Gasteiger partial charge in [-0.05, 0) is 54.4 Å². The van der Waals surface area contributed by atoms with Gasteiger partial charge in [0.15, 0.2) is 0 Å². The lowest BCUT2D eigenvalue weighted by molar-refractivity contribution is -0.126. The molecule has 0 aliphatic carbocycles. The largest absolute Gasteiger partial charge is 0.492 e. The number of nitrogens with one attached hydrogen (secondary N) is 1. The van der Waals surface area contributed by atoms with Gasteiger partial charge >= 0.3 is 0 Å². The maximum absolute atomic E-state index is 12.4. The molecule has 4 nitrogen and oxygen atoms in total. The third kappa shape index (κ3) is 5.36. The fourth-order valence-electron chi connectivity index (χ4n) is 3.90. The highest BCUT2D eigenvalue weighted by Crippen LogP contribution is 2.21. The van der Waals surface area contributed by atoms with Crippen molar-refractivity contribution in [1.29, 1.82) is 0 Å². The molecule has 0 radical (unpaired) electrons. The van der Waals surface area contributed by atoms with Gasteiger partial charge in [0.1, 0.15) is 12.4 Å². The summed E-state index contributed by atoms with van der Waals surface area (Å²) in [6, 6.07) is 24.6. The SMILES string of the molecule is O=C(NCc1ccccc1)C1CCN(CCOc2ccc3ccccc3c2)CC1. The van der Waals surface area contributed by atoms with Crippen molar-refractivity contribution in [2.75, 3.05) is 26.2 Å². The molecule has 0 bridgehead atoms. The van der Waals surface area contributed by atoms with E-state index >= 15 is 0 Å². The molecular weight excluding hydrogens is 360 g/mol. The molecule has 1 fully saturated rings. The van der Waals surface area contributed by atoms with Crippen LogP contribution >= 0.6 is 0 Å². The Morgan fingerprint density at radius 2 is 1.66 bits per heavy atom. The van der Waals surface area contributed by atoms with Gasteiger partial charge in [-0.15, -0.1) is 0 Å². The van der Waals surface area contributed by atoms with E-state index in [4.69, 9.17) is 4.74 Å². The molecule has 0 aromatic heterocycles. The molecule has 0 saturated carbocycles. The summed E-state index contributed by atoms with van der Waals surface area (Å²) in [7, 11) is 0. The third-order valence-corrected chi connectivity index (χ3v) is 5.67. The molecule has 1 N–H and O–H groups in total. The number of fused-ring (bicyclic) bond motifs is 1. The smallest absolute Gasteiger partial charge is 0.223 e. The Kier molecular flexibility index (Phi) is 6.42. The molecule has 1 aliphatic heterocycles. The van der Waals surface area contributed by atoms with Gasteiger partial charge < -0.3 is 10.1 Å². The highest BCUT2D eigenvalue weighted by molar-refractivity contribution is 5.83. The van der Waals surface area contributed by atoms with Crippen LogP contribution in [0.15, 0.2) is 72.8 Å². The van der Waals surface area contributed by atoms with Crippen LogP contribution in [0.3, 0.4) is 0 Å². The van der Waals surface area contributed by atoms with E-state index in [1.54, 1.807) is 0 Å². The Balaban J connectivity index is 1.17. The van der Waals surface area contributed by atoms with E-state index in [1.165, 1.54) is 10.8 Å². The lowest BCUT2D eigenvalue weighted by Gasteiger charge is -2.31. The van der Waals surface area contributed by atoms with Crippen molar-refractivity contribution in [2.24, 2.45) is 5.92 Å². The number of hydrogen-bond donors (Lipinski definition) is 1. The van der Waals surface area contributed by atoms with Crippen molar-refractivity contribution in [3.8, 4) is 5.75 Å². The minimum atomic E-state index is 0.122. The van der Waals surface area contributed by atoms with Crippen LogP contribution in [0.1, 0.15) is 18.4 Å². The number of rotatable bonds is 7. The minimum Gasteiger partial charge on any atom is -0.492 e. The maximum Gasteiger partial charge on any atom is 0.223 e. The summed E-state index contributed by atoms with van der Waals surface area (Å²) in [5.74, 6) is 1.22. The zero-order valence-electron chi connectivity index (χ0n) is 16.7. The Morgan fingerprint density at radius 3 is 2.45 bits per heavy atom. The first-order valence-corrected chi connectivity index (χ1v) is 10.4. The number of piperidine rings is 1. The zero-order valence-corrected chi connectivity index (χ0v) is 16.7. The van der Waals surface area contributed by atoms with Crippen LogP contribution in [0, 0.1) is 5.92 Å². The van der Waals surface area contributed by atoms with Crippen LogP contribution in [0.4, 0.5) is 0 Å². The van der Waals surface area contributed by atoms with E-state index in [0.29, 0.717) is 13.2 Å². The molecular formula is C25H28N2O2. The third-order valence-electron chi connectivity index (χ3n) is 5.67. The second-order valence-electron chi connectivity index (χ2n) is 7.68.